The van der Waals surface area contributed by atoms with E-state index in [-0.39, 0.29) is 10.8 Å². The lowest BCUT2D eigenvalue weighted by Gasteiger charge is -2.60. The lowest BCUT2D eigenvalue weighted by molar-refractivity contribution is -0.129. The first-order valence-electron chi connectivity index (χ1n) is 8.92. The van der Waals surface area contributed by atoms with E-state index < -0.39 is 11.2 Å². The van der Waals surface area contributed by atoms with Crippen LogP contribution >= 0.6 is 0 Å². The van der Waals surface area contributed by atoms with E-state index in [0.717, 1.165) is 31.3 Å². The van der Waals surface area contributed by atoms with Crippen LogP contribution in [0.1, 0.15) is 66.7 Å². The molecule has 1 aliphatic heterocycles. The maximum atomic E-state index is 11.7. The predicted molar refractivity (Wildman–Crippen MR) is 94.4 cm³/mol. The smallest absolute Gasteiger partial charge is 0.111 e. The van der Waals surface area contributed by atoms with Crippen LogP contribution < -0.4 is 0 Å². The van der Waals surface area contributed by atoms with Gasteiger partial charge in [-0.15, -0.1) is 0 Å². The minimum absolute atomic E-state index is 0.167. The number of fused-ring (bicyclic) bond motifs is 3. The first-order chi connectivity index (χ1) is 10.5. The van der Waals surface area contributed by atoms with Gasteiger partial charge in [-0.25, -0.2) is 0 Å². The Morgan fingerprint density at radius 2 is 1.91 bits per heavy atom. The van der Waals surface area contributed by atoms with E-state index >= 15 is 0 Å². The van der Waals surface area contributed by atoms with Crippen molar-refractivity contribution in [2.75, 3.05) is 0 Å². The van der Waals surface area contributed by atoms with Gasteiger partial charge >= 0.3 is 0 Å². The number of hydrogen-bond donors (Lipinski definition) is 2. The van der Waals surface area contributed by atoms with Crippen molar-refractivity contribution < 1.29 is 10.2 Å². The van der Waals surface area contributed by atoms with Crippen LogP contribution in [0.25, 0.3) is 0 Å². The predicted octanol–water partition coefficient (Wildman–Crippen LogP) is 4.01. The lowest BCUT2D eigenvalue weighted by atomic mass is 9.46. The Labute approximate surface area is 140 Å². The van der Waals surface area contributed by atoms with Crippen LogP contribution in [0.4, 0.5) is 0 Å². The number of aliphatic imine (C=N–C) groups is 1. The van der Waals surface area contributed by atoms with Gasteiger partial charge in [-0.05, 0) is 68.6 Å². The van der Waals surface area contributed by atoms with Gasteiger partial charge in [-0.3, -0.25) is 4.99 Å². The molecule has 0 amide bonds. The maximum Gasteiger partial charge on any atom is 0.111 e. The maximum absolute atomic E-state index is 11.7. The molecule has 0 saturated heterocycles. The third-order valence-electron chi connectivity index (χ3n) is 6.76. The van der Waals surface area contributed by atoms with Crippen LogP contribution in [0.5, 0.6) is 0 Å². The molecule has 0 radical (unpaired) electrons. The Kier molecular flexibility index (Phi) is 3.70. The summed E-state index contributed by atoms with van der Waals surface area (Å²) in [7, 11) is 0. The van der Waals surface area contributed by atoms with Crippen molar-refractivity contribution >= 4 is 5.71 Å². The molecule has 3 aliphatic rings. The van der Waals surface area contributed by atoms with E-state index in [1.165, 1.54) is 6.42 Å². The Bertz CT molecular complexity index is 593. The molecule has 2 saturated carbocycles. The van der Waals surface area contributed by atoms with Crippen LogP contribution in [0, 0.1) is 16.7 Å². The third-order valence-corrected chi connectivity index (χ3v) is 6.76. The van der Waals surface area contributed by atoms with E-state index in [1.807, 2.05) is 12.2 Å². The zero-order valence-corrected chi connectivity index (χ0v) is 15.2. The Morgan fingerprint density at radius 1 is 1.22 bits per heavy atom. The standard InChI is InChI=1S/C20H31NO2/c1-17(2)9-6-10-19(5)15(17)8-7-14-13-16(18(3,4)22)21-12-11-20(14,19)23/h11-13,15,22-23H,6-10H2,1-5H3. The summed E-state index contributed by atoms with van der Waals surface area (Å²) in [5.41, 5.74) is -0.203. The molecule has 3 nitrogen and oxygen atoms in total. The van der Waals surface area contributed by atoms with Crippen LogP contribution in [-0.4, -0.2) is 27.1 Å². The molecule has 3 atom stereocenters. The van der Waals surface area contributed by atoms with E-state index in [2.05, 4.69) is 25.8 Å². The fourth-order valence-electron chi connectivity index (χ4n) is 5.39. The Balaban J connectivity index is 2.09. The minimum atomic E-state index is -0.994. The monoisotopic (exact) mass is 317 g/mol. The molecule has 2 N–H and O–H groups in total. The van der Waals surface area contributed by atoms with Crippen molar-refractivity contribution in [3.8, 4) is 0 Å². The molecule has 0 aromatic rings. The third kappa shape index (κ3) is 2.44. The second-order valence-corrected chi connectivity index (χ2v) is 9.18. The normalized spacial score (nSPS) is 39.7. The summed E-state index contributed by atoms with van der Waals surface area (Å²) in [6, 6.07) is 0. The van der Waals surface area contributed by atoms with Gasteiger partial charge in [0.15, 0.2) is 0 Å². The molecular formula is C20H31NO2. The van der Waals surface area contributed by atoms with E-state index in [9.17, 15) is 10.2 Å². The number of nitrogens with zero attached hydrogens (tertiary/aromatic N) is 1. The quantitative estimate of drug-likeness (QED) is 0.768. The second-order valence-electron chi connectivity index (χ2n) is 9.18. The minimum Gasteiger partial charge on any atom is -0.384 e. The van der Waals surface area contributed by atoms with Crippen molar-refractivity contribution in [1.82, 2.24) is 0 Å². The molecule has 2 aliphatic carbocycles. The average molecular weight is 317 g/mol. The number of aliphatic hydroxyl groups is 2. The molecule has 3 unspecified atom stereocenters. The van der Waals surface area contributed by atoms with Gasteiger partial charge in [0.1, 0.15) is 11.2 Å². The molecule has 23 heavy (non-hydrogen) atoms. The fourth-order valence-corrected chi connectivity index (χ4v) is 5.39. The molecule has 3 heteroatoms. The van der Waals surface area contributed by atoms with Crippen LogP contribution in [0.3, 0.4) is 0 Å². The van der Waals surface area contributed by atoms with Crippen LogP contribution in [0.2, 0.25) is 0 Å². The number of rotatable bonds is 1. The van der Waals surface area contributed by atoms with Gasteiger partial charge in [0.05, 0.1) is 5.71 Å². The summed E-state index contributed by atoms with van der Waals surface area (Å²) in [6.07, 6.45) is 10.9. The van der Waals surface area contributed by atoms with E-state index in [0.29, 0.717) is 11.6 Å². The molecule has 3 rings (SSSR count). The highest BCUT2D eigenvalue weighted by molar-refractivity contribution is 6.02. The second kappa shape index (κ2) is 5.03. The molecule has 1 heterocycles. The molecular weight excluding hydrogens is 286 g/mol. The average Bonchev–Trinajstić information content (AvgIpc) is 2.58. The largest absolute Gasteiger partial charge is 0.384 e. The molecule has 0 aromatic carbocycles. The lowest BCUT2D eigenvalue weighted by Crippen LogP contribution is -2.59. The fraction of sp³-hybridized carbons (Fsp3) is 0.750. The van der Waals surface area contributed by atoms with Crippen molar-refractivity contribution in [1.29, 1.82) is 0 Å². The van der Waals surface area contributed by atoms with Crippen molar-refractivity contribution in [2.45, 2.75) is 77.9 Å². The van der Waals surface area contributed by atoms with Gasteiger partial charge in [-0.1, -0.05) is 27.2 Å². The summed E-state index contributed by atoms with van der Waals surface area (Å²) in [4.78, 5) is 4.42. The van der Waals surface area contributed by atoms with E-state index in [4.69, 9.17) is 0 Å². The summed E-state index contributed by atoms with van der Waals surface area (Å²) in [5, 5.41) is 22.1. The highest BCUT2D eigenvalue weighted by atomic mass is 16.3. The van der Waals surface area contributed by atoms with Gasteiger partial charge in [0, 0.05) is 11.6 Å². The van der Waals surface area contributed by atoms with Gasteiger partial charge in [0.2, 0.25) is 0 Å². The highest BCUT2D eigenvalue weighted by Crippen LogP contribution is 2.63. The molecule has 2 fully saturated rings. The van der Waals surface area contributed by atoms with Crippen molar-refractivity contribution in [3.63, 3.8) is 0 Å². The molecule has 0 bridgehead atoms. The molecule has 128 valence electrons. The van der Waals surface area contributed by atoms with Gasteiger partial charge in [0.25, 0.3) is 0 Å². The first-order valence-corrected chi connectivity index (χ1v) is 8.92. The van der Waals surface area contributed by atoms with Crippen LogP contribution in [0.15, 0.2) is 28.9 Å². The van der Waals surface area contributed by atoms with Crippen LogP contribution in [-0.2, 0) is 0 Å². The van der Waals surface area contributed by atoms with E-state index in [1.54, 1.807) is 20.0 Å². The zero-order valence-electron chi connectivity index (χ0n) is 15.2. The SMILES string of the molecule is CC(C)(O)C1=NC=CC2(O)C(=C1)CCC1C(C)(C)CCCC12C. The topological polar surface area (TPSA) is 52.8 Å². The Morgan fingerprint density at radius 3 is 2.57 bits per heavy atom. The van der Waals surface area contributed by atoms with Gasteiger partial charge < -0.3 is 10.2 Å². The molecule has 0 aromatic heterocycles. The summed E-state index contributed by atoms with van der Waals surface area (Å²) >= 11 is 0. The first kappa shape index (κ1) is 16.9. The number of hydrogen-bond acceptors (Lipinski definition) is 3. The summed E-state index contributed by atoms with van der Waals surface area (Å²) < 4.78 is 0. The summed E-state index contributed by atoms with van der Waals surface area (Å²) in [6.45, 7) is 10.5. The van der Waals surface area contributed by atoms with Crippen molar-refractivity contribution in [2.24, 2.45) is 21.7 Å². The summed E-state index contributed by atoms with van der Waals surface area (Å²) in [5.74, 6) is 0.499. The zero-order chi connectivity index (χ0) is 17.1. The Hall–Kier alpha value is -0.930. The highest BCUT2D eigenvalue weighted by Gasteiger charge is 2.60. The molecule has 0 spiro atoms. The van der Waals surface area contributed by atoms with Crippen molar-refractivity contribution in [3.05, 3.63) is 23.9 Å². The van der Waals surface area contributed by atoms with Gasteiger partial charge in [-0.2, -0.15) is 0 Å².